The molecule has 2 aliphatic heterocycles. The van der Waals surface area contributed by atoms with Crippen LogP contribution in [0.15, 0.2) is 18.2 Å². The summed E-state index contributed by atoms with van der Waals surface area (Å²) in [6, 6.07) is 6.23. The van der Waals surface area contributed by atoms with Crippen molar-refractivity contribution in [3.8, 4) is 5.75 Å². The van der Waals surface area contributed by atoms with Gasteiger partial charge in [0, 0.05) is 36.4 Å². The first kappa shape index (κ1) is 9.97. The smallest absolute Gasteiger partial charge is 0.124 e. The lowest BCUT2D eigenvalue weighted by Gasteiger charge is -2.34. The van der Waals surface area contributed by atoms with E-state index >= 15 is 0 Å². The summed E-state index contributed by atoms with van der Waals surface area (Å²) in [7, 11) is 1.74. The molecule has 2 heterocycles. The molecule has 1 fully saturated rings. The van der Waals surface area contributed by atoms with Gasteiger partial charge in [0.15, 0.2) is 0 Å². The predicted molar refractivity (Wildman–Crippen MR) is 63.1 cm³/mol. The normalized spacial score (nSPS) is 21.6. The average molecular weight is 219 g/mol. The molecule has 0 radical (unpaired) electrons. The number of hydrogen-bond acceptors (Lipinski definition) is 3. The van der Waals surface area contributed by atoms with E-state index in [1.54, 1.807) is 7.11 Å². The molecule has 16 heavy (non-hydrogen) atoms. The van der Waals surface area contributed by atoms with Crippen LogP contribution >= 0.6 is 0 Å². The maximum atomic E-state index is 5.44. The molecule has 1 saturated heterocycles. The van der Waals surface area contributed by atoms with E-state index in [0.29, 0.717) is 0 Å². The molecular formula is C13H17NO2. The number of anilines is 1. The van der Waals surface area contributed by atoms with Crippen molar-refractivity contribution in [1.82, 2.24) is 0 Å². The summed E-state index contributed by atoms with van der Waals surface area (Å²) in [5.74, 6) is 1.01. The van der Waals surface area contributed by atoms with Crippen molar-refractivity contribution in [3.05, 3.63) is 23.8 Å². The number of ether oxygens (including phenoxy) is 2. The van der Waals surface area contributed by atoms with Gasteiger partial charge in [-0.2, -0.15) is 0 Å². The molecule has 3 heteroatoms. The number of nitrogens with one attached hydrogen (secondary N) is 1. The van der Waals surface area contributed by atoms with Crippen molar-refractivity contribution >= 4 is 5.69 Å². The Kier molecular flexibility index (Phi) is 2.28. The summed E-state index contributed by atoms with van der Waals surface area (Å²) >= 11 is 0. The molecule has 0 amide bonds. The van der Waals surface area contributed by atoms with E-state index in [0.717, 1.165) is 38.2 Å². The fourth-order valence-corrected chi connectivity index (χ4v) is 2.79. The van der Waals surface area contributed by atoms with E-state index in [2.05, 4.69) is 11.4 Å². The summed E-state index contributed by atoms with van der Waals surface area (Å²) < 4.78 is 10.9. The van der Waals surface area contributed by atoms with Gasteiger partial charge in [0.2, 0.25) is 0 Å². The summed E-state index contributed by atoms with van der Waals surface area (Å²) in [5, 5.41) is 3.66. The molecule has 0 bridgehead atoms. The van der Waals surface area contributed by atoms with Gasteiger partial charge < -0.3 is 14.8 Å². The zero-order chi connectivity index (χ0) is 11.0. The highest BCUT2D eigenvalue weighted by Crippen LogP contribution is 2.42. The summed E-state index contributed by atoms with van der Waals surface area (Å²) in [6.07, 6.45) is 3.24. The second kappa shape index (κ2) is 3.67. The number of methoxy groups -OCH3 is 1. The van der Waals surface area contributed by atoms with Gasteiger partial charge >= 0.3 is 0 Å². The van der Waals surface area contributed by atoms with Crippen LogP contribution in [0.4, 0.5) is 5.69 Å². The Morgan fingerprint density at radius 3 is 2.88 bits per heavy atom. The van der Waals surface area contributed by atoms with Crippen LogP contribution in [0.2, 0.25) is 0 Å². The highest BCUT2D eigenvalue weighted by atomic mass is 16.5. The zero-order valence-corrected chi connectivity index (χ0v) is 9.58. The predicted octanol–water partition coefficient (Wildman–Crippen LogP) is 2.21. The zero-order valence-electron chi connectivity index (χ0n) is 9.58. The van der Waals surface area contributed by atoms with Crippen molar-refractivity contribution in [2.75, 3.05) is 25.6 Å². The maximum Gasteiger partial charge on any atom is 0.124 e. The largest absolute Gasteiger partial charge is 0.496 e. The van der Waals surface area contributed by atoms with Crippen LogP contribution in [0.5, 0.6) is 5.75 Å². The Morgan fingerprint density at radius 2 is 2.12 bits per heavy atom. The van der Waals surface area contributed by atoms with Crippen molar-refractivity contribution in [1.29, 1.82) is 0 Å². The molecule has 1 aromatic carbocycles. The highest BCUT2D eigenvalue weighted by molar-refractivity contribution is 5.64. The lowest BCUT2D eigenvalue weighted by molar-refractivity contribution is 0.0623. The molecular weight excluding hydrogens is 202 g/mol. The quantitative estimate of drug-likeness (QED) is 0.785. The standard InChI is InChI=1S/C13H17NO2/c1-15-12-4-2-3-11-10(12)9-13(14-11)5-7-16-8-6-13/h2-4,14H,5-9H2,1H3. The van der Waals surface area contributed by atoms with E-state index in [-0.39, 0.29) is 5.54 Å². The molecule has 0 unspecified atom stereocenters. The molecule has 0 aliphatic carbocycles. The molecule has 0 atom stereocenters. The molecule has 1 N–H and O–H groups in total. The van der Waals surface area contributed by atoms with Gasteiger partial charge in [-0.25, -0.2) is 0 Å². The summed E-state index contributed by atoms with van der Waals surface area (Å²) in [6.45, 7) is 1.73. The third kappa shape index (κ3) is 1.47. The minimum absolute atomic E-state index is 0.217. The minimum atomic E-state index is 0.217. The van der Waals surface area contributed by atoms with Crippen LogP contribution in [0.25, 0.3) is 0 Å². The van der Waals surface area contributed by atoms with Gasteiger partial charge in [0.05, 0.1) is 7.11 Å². The Hall–Kier alpha value is -1.22. The Morgan fingerprint density at radius 1 is 1.31 bits per heavy atom. The van der Waals surface area contributed by atoms with Gasteiger partial charge in [-0.05, 0) is 25.0 Å². The highest BCUT2D eigenvalue weighted by Gasteiger charge is 2.39. The molecule has 1 spiro atoms. The molecule has 86 valence electrons. The van der Waals surface area contributed by atoms with Gasteiger partial charge in [0.25, 0.3) is 0 Å². The Balaban J connectivity index is 1.93. The van der Waals surface area contributed by atoms with E-state index < -0.39 is 0 Å². The second-order valence-corrected chi connectivity index (χ2v) is 4.68. The maximum absolute atomic E-state index is 5.44. The van der Waals surface area contributed by atoms with Crippen LogP contribution < -0.4 is 10.1 Å². The van der Waals surface area contributed by atoms with E-state index in [1.165, 1.54) is 11.3 Å². The van der Waals surface area contributed by atoms with Crippen LogP contribution in [0, 0.1) is 0 Å². The first-order chi connectivity index (χ1) is 7.83. The average Bonchev–Trinajstić information content (AvgIpc) is 2.67. The number of rotatable bonds is 1. The van der Waals surface area contributed by atoms with E-state index in [9.17, 15) is 0 Å². The fraction of sp³-hybridized carbons (Fsp3) is 0.538. The van der Waals surface area contributed by atoms with Gasteiger partial charge in [-0.3, -0.25) is 0 Å². The van der Waals surface area contributed by atoms with Gasteiger partial charge in [-0.1, -0.05) is 6.07 Å². The van der Waals surface area contributed by atoms with Crippen molar-refractivity contribution in [2.45, 2.75) is 24.8 Å². The lowest BCUT2D eigenvalue weighted by Crippen LogP contribution is -2.41. The number of hydrogen-bond donors (Lipinski definition) is 1. The SMILES string of the molecule is COc1cccc2c1CC1(CCOCC1)N2. The van der Waals surface area contributed by atoms with Gasteiger partial charge in [0.1, 0.15) is 5.75 Å². The molecule has 1 aromatic rings. The van der Waals surface area contributed by atoms with E-state index in [4.69, 9.17) is 9.47 Å². The van der Waals surface area contributed by atoms with E-state index in [1.807, 2.05) is 12.1 Å². The fourth-order valence-electron chi connectivity index (χ4n) is 2.79. The third-order valence-electron chi connectivity index (χ3n) is 3.72. The Labute approximate surface area is 95.8 Å². The topological polar surface area (TPSA) is 30.5 Å². The molecule has 0 saturated carbocycles. The monoisotopic (exact) mass is 219 g/mol. The second-order valence-electron chi connectivity index (χ2n) is 4.68. The van der Waals surface area contributed by atoms with Crippen LogP contribution in [0.3, 0.4) is 0 Å². The lowest BCUT2D eigenvalue weighted by atomic mass is 9.87. The molecule has 3 rings (SSSR count). The number of benzene rings is 1. The van der Waals surface area contributed by atoms with Crippen molar-refractivity contribution < 1.29 is 9.47 Å². The number of fused-ring (bicyclic) bond motifs is 1. The summed E-state index contributed by atoms with van der Waals surface area (Å²) in [4.78, 5) is 0. The van der Waals surface area contributed by atoms with Crippen molar-refractivity contribution in [3.63, 3.8) is 0 Å². The van der Waals surface area contributed by atoms with Gasteiger partial charge in [-0.15, -0.1) is 0 Å². The van der Waals surface area contributed by atoms with Crippen LogP contribution in [0.1, 0.15) is 18.4 Å². The molecule has 2 aliphatic rings. The summed E-state index contributed by atoms with van der Waals surface area (Å²) in [5.41, 5.74) is 2.78. The first-order valence-corrected chi connectivity index (χ1v) is 5.85. The molecule has 0 aromatic heterocycles. The van der Waals surface area contributed by atoms with Crippen LogP contribution in [-0.4, -0.2) is 25.9 Å². The third-order valence-corrected chi connectivity index (χ3v) is 3.72. The first-order valence-electron chi connectivity index (χ1n) is 5.85. The Bertz CT molecular complexity index is 397. The van der Waals surface area contributed by atoms with Crippen LogP contribution in [-0.2, 0) is 11.2 Å². The minimum Gasteiger partial charge on any atom is -0.496 e. The van der Waals surface area contributed by atoms with Crippen molar-refractivity contribution in [2.24, 2.45) is 0 Å². The molecule has 3 nitrogen and oxygen atoms in total.